The van der Waals surface area contributed by atoms with Crippen LogP contribution in [0.2, 0.25) is 0 Å². The van der Waals surface area contributed by atoms with Gasteiger partial charge in [-0.05, 0) is 20.3 Å². The Morgan fingerprint density at radius 3 is 2.93 bits per heavy atom. The minimum atomic E-state index is -0.221. The molecule has 1 atom stereocenters. The maximum atomic E-state index is 11.5. The second kappa shape index (κ2) is 5.20. The minimum absolute atomic E-state index is 0.0505. The van der Waals surface area contributed by atoms with Crippen molar-refractivity contribution in [3.8, 4) is 0 Å². The Kier molecular flexibility index (Phi) is 4.20. The lowest BCUT2D eigenvalue weighted by atomic mass is 10.2. The molecule has 1 unspecified atom stereocenters. The Balaban J connectivity index is 2.39. The van der Waals surface area contributed by atoms with E-state index in [1.165, 1.54) is 0 Å². The van der Waals surface area contributed by atoms with E-state index < -0.39 is 0 Å². The van der Waals surface area contributed by atoms with Gasteiger partial charge in [-0.25, -0.2) is 4.79 Å². The van der Waals surface area contributed by atoms with Gasteiger partial charge in [0.1, 0.15) is 0 Å². The van der Waals surface area contributed by atoms with Crippen molar-refractivity contribution in [2.45, 2.75) is 39.4 Å². The number of rotatable bonds is 2. The molecule has 1 aliphatic rings. The summed E-state index contributed by atoms with van der Waals surface area (Å²) in [6.45, 7) is 7.68. The summed E-state index contributed by atoms with van der Waals surface area (Å²) < 4.78 is 10.6. The molecule has 4 heteroatoms. The maximum Gasteiger partial charge on any atom is 0.410 e. The van der Waals surface area contributed by atoms with Crippen molar-refractivity contribution in [1.82, 2.24) is 4.90 Å². The Bertz CT molecular complexity index is 194. The van der Waals surface area contributed by atoms with Crippen molar-refractivity contribution < 1.29 is 14.3 Å². The van der Waals surface area contributed by atoms with E-state index >= 15 is 0 Å². The summed E-state index contributed by atoms with van der Waals surface area (Å²) in [6.07, 6.45) is 0.835. The predicted octanol–water partition coefficient (Wildman–Crippen LogP) is 1.64. The van der Waals surface area contributed by atoms with Crippen LogP contribution in [-0.2, 0) is 9.47 Å². The Morgan fingerprint density at radius 2 is 2.36 bits per heavy atom. The zero-order valence-corrected chi connectivity index (χ0v) is 9.16. The van der Waals surface area contributed by atoms with E-state index in [-0.39, 0.29) is 18.3 Å². The summed E-state index contributed by atoms with van der Waals surface area (Å²) >= 11 is 0. The number of amides is 1. The van der Waals surface area contributed by atoms with E-state index in [0.717, 1.165) is 6.42 Å². The number of carbonyl (C=O) groups is 1. The predicted molar refractivity (Wildman–Crippen MR) is 53.2 cm³/mol. The molecular weight excluding hydrogens is 182 g/mol. The summed E-state index contributed by atoms with van der Waals surface area (Å²) in [7, 11) is 0. The Morgan fingerprint density at radius 1 is 1.64 bits per heavy atom. The molecule has 0 aromatic rings. The molecule has 1 heterocycles. The van der Waals surface area contributed by atoms with Crippen LogP contribution >= 0.6 is 0 Å². The molecule has 4 nitrogen and oxygen atoms in total. The fourth-order valence-corrected chi connectivity index (χ4v) is 1.41. The van der Waals surface area contributed by atoms with Crippen molar-refractivity contribution in [1.29, 1.82) is 0 Å². The highest BCUT2D eigenvalue weighted by molar-refractivity contribution is 5.67. The van der Waals surface area contributed by atoms with Crippen LogP contribution in [0.3, 0.4) is 0 Å². The van der Waals surface area contributed by atoms with E-state index in [1.807, 2.05) is 13.8 Å². The van der Waals surface area contributed by atoms with Crippen molar-refractivity contribution in [2.24, 2.45) is 0 Å². The Labute approximate surface area is 85.2 Å². The number of morpholine rings is 1. The number of ether oxygens (including phenoxy) is 2. The van der Waals surface area contributed by atoms with Crippen molar-refractivity contribution in [3.05, 3.63) is 0 Å². The quantitative estimate of drug-likeness (QED) is 0.681. The number of carbonyl (C=O) groups excluding carboxylic acids is 1. The third-order valence-corrected chi connectivity index (χ3v) is 2.19. The van der Waals surface area contributed by atoms with E-state index in [4.69, 9.17) is 9.47 Å². The van der Waals surface area contributed by atoms with Crippen LogP contribution in [0.4, 0.5) is 4.79 Å². The van der Waals surface area contributed by atoms with Gasteiger partial charge in [-0.3, -0.25) is 0 Å². The topological polar surface area (TPSA) is 38.8 Å². The van der Waals surface area contributed by atoms with Gasteiger partial charge in [0.2, 0.25) is 0 Å². The summed E-state index contributed by atoms with van der Waals surface area (Å²) in [6, 6.07) is 0. The molecule has 1 fully saturated rings. The average Bonchev–Trinajstić information content (AvgIpc) is 2.17. The third-order valence-electron chi connectivity index (χ3n) is 2.19. The third kappa shape index (κ3) is 3.18. The largest absolute Gasteiger partial charge is 0.447 e. The molecule has 0 aromatic carbocycles. The maximum absolute atomic E-state index is 11.5. The highest BCUT2D eigenvalue weighted by Gasteiger charge is 2.24. The van der Waals surface area contributed by atoms with Crippen LogP contribution < -0.4 is 0 Å². The molecule has 82 valence electrons. The molecule has 1 amide bonds. The number of nitrogens with zero attached hydrogens (tertiary/aromatic N) is 1. The molecule has 0 spiro atoms. The molecule has 14 heavy (non-hydrogen) atoms. The number of hydrogen-bond acceptors (Lipinski definition) is 3. The van der Waals surface area contributed by atoms with E-state index in [1.54, 1.807) is 4.90 Å². The minimum Gasteiger partial charge on any atom is -0.447 e. The van der Waals surface area contributed by atoms with Crippen LogP contribution in [0.1, 0.15) is 27.2 Å². The standard InChI is InChI=1S/C10H19NO3/c1-4-9-7-11(5-6-13-9)10(12)14-8(2)3/h8-9H,4-7H2,1-3H3. The molecule has 0 saturated carbocycles. The first-order valence-corrected chi connectivity index (χ1v) is 5.20. The lowest BCUT2D eigenvalue weighted by Crippen LogP contribution is -2.46. The van der Waals surface area contributed by atoms with Crippen LogP contribution in [-0.4, -0.2) is 42.9 Å². The van der Waals surface area contributed by atoms with Gasteiger partial charge in [0, 0.05) is 6.54 Å². The van der Waals surface area contributed by atoms with Gasteiger partial charge in [-0.15, -0.1) is 0 Å². The highest BCUT2D eigenvalue weighted by atomic mass is 16.6. The van der Waals surface area contributed by atoms with Gasteiger partial charge in [0.05, 0.1) is 25.4 Å². The monoisotopic (exact) mass is 201 g/mol. The first kappa shape index (κ1) is 11.3. The lowest BCUT2D eigenvalue weighted by molar-refractivity contribution is -0.0320. The van der Waals surface area contributed by atoms with E-state index in [2.05, 4.69) is 6.92 Å². The van der Waals surface area contributed by atoms with Crippen molar-refractivity contribution in [3.63, 3.8) is 0 Å². The normalized spacial score (nSPS) is 22.6. The highest BCUT2D eigenvalue weighted by Crippen LogP contribution is 2.09. The molecule has 1 aliphatic heterocycles. The Hall–Kier alpha value is -0.770. The van der Waals surface area contributed by atoms with Crippen LogP contribution in [0.5, 0.6) is 0 Å². The van der Waals surface area contributed by atoms with Gasteiger partial charge in [0.15, 0.2) is 0 Å². The van der Waals surface area contributed by atoms with Gasteiger partial charge in [0.25, 0.3) is 0 Å². The first-order chi connectivity index (χ1) is 6.63. The summed E-state index contributed by atoms with van der Waals surface area (Å²) in [5.41, 5.74) is 0. The van der Waals surface area contributed by atoms with Crippen LogP contribution in [0, 0.1) is 0 Å². The molecule has 0 aromatic heterocycles. The average molecular weight is 201 g/mol. The van der Waals surface area contributed by atoms with Gasteiger partial charge >= 0.3 is 6.09 Å². The van der Waals surface area contributed by atoms with Crippen molar-refractivity contribution >= 4 is 6.09 Å². The van der Waals surface area contributed by atoms with E-state index in [0.29, 0.717) is 19.7 Å². The van der Waals surface area contributed by atoms with E-state index in [9.17, 15) is 4.79 Å². The molecule has 0 radical (unpaired) electrons. The summed E-state index contributed by atoms with van der Waals surface area (Å²) in [5.74, 6) is 0. The van der Waals surface area contributed by atoms with Gasteiger partial charge < -0.3 is 14.4 Å². The van der Waals surface area contributed by atoms with Crippen molar-refractivity contribution in [2.75, 3.05) is 19.7 Å². The first-order valence-electron chi connectivity index (χ1n) is 5.20. The zero-order valence-electron chi connectivity index (χ0n) is 9.16. The molecule has 0 bridgehead atoms. The fraction of sp³-hybridized carbons (Fsp3) is 0.900. The summed E-state index contributed by atoms with van der Waals surface area (Å²) in [5, 5.41) is 0. The molecule has 0 aliphatic carbocycles. The zero-order chi connectivity index (χ0) is 10.6. The molecule has 0 N–H and O–H groups in total. The van der Waals surface area contributed by atoms with Gasteiger partial charge in [-0.1, -0.05) is 6.92 Å². The fourth-order valence-electron chi connectivity index (χ4n) is 1.41. The summed E-state index contributed by atoms with van der Waals surface area (Å²) in [4.78, 5) is 13.2. The molecule has 1 saturated heterocycles. The SMILES string of the molecule is CCC1CN(C(=O)OC(C)C)CCO1. The smallest absolute Gasteiger partial charge is 0.410 e. The second-order valence-corrected chi connectivity index (χ2v) is 3.78. The lowest BCUT2D eigenvalue weighted by Gasteiger charge is -2.32. The van der Waals surface area contributed by atoms with Crippen LogP contribution in [0.25, 0.3) is 0 Å². The van der Waals surface area contributed by atoms with Crippen LogP contribution in [0.15, 0.2) is 0 Å². The number of hydrogen-bond donors (Lipinski definition) is 0. The van der Waals surface area contributed by atoms with Gasteiger partial charge in [-0.2, -0.15) is 0 Å². The molecule has 1 rings (SSSR count). The second-order valence-electron chi connectivity index (χ2n) is 3.78. The molecular formula is C10H19NO3.